The van der Waals surface area contributed by atoms with E-state index in [1.807, 2.05) is 17.8 Å². The second kappa shape index (κ2) is 21.8. The van der Waals surface area contributed by atoms with Gasteiger partial charge >= 0.3 is 6.03 Å². The highest BCUT2D eigenvalue weighted by atomic mass is 32.2. The minimum absolute atomic E-state index is 0.0179. The number of urea groups is 1. The third-order valence-electron chi connectivity index (χ3n) is 10.8. The van der Waals surface area contributed by atoms with Crippen molar-refractivity contribution in [3.8, 4) is 5.75 Å². The molecule has 0 spiro atoms. The first-order chi connectivity index (χ1) is 29.6. The Hall–Kier alpha value is -6.26. The third-order valence-corrected chi connectivity index (χ3v) is 12.3. The van der Waals surface area contributed by atoms with Gasteiger partial charge in [0.25, 0.3) is 5.91 Å². The Morgan fingerprint density at radius 2 is 1.61 bits per heavy atom. The van der Waals surface area contributed by atoms with E-state index in [4.69, 9.17) is 10.3 Å². The highest BCUT2D eigenvalue weighted by Crippen LogP contribution is 2.38. The van der Waals surface area contributed by atoms with Crippen molar-refractivity contribution in [1.29, 1.82) is 5.53 Å². The van der Waals surface area contributed by atoms with E-state index in [9.17, 15) is 28.8 Å². The Balaban J connectivity index is 0.972. The third kappa shape index (κ3) is 12.4. The maximum atomic E-state index is 14.5. The number of para-hydroxylation sites is 2. The molecule has 2 saturated heterocycles. The van der Waals surface area contributed by atoms with E-state index in [2.05, 4.69) is 41.9 Å². The van der Waals surface area contributed by atoms with Crippen molar-refractivity contribution >= 4 is 58.7 Å². The molecule has 7 amide bonds. The van der Waals surface area contributed by atoms with Crippen LogP contribution in [0.1, 0.15) is 69.1 Å². The van der Waals surface area contributed by atoms with E-state index in [1.165, 1.54) is 11.8 Å². The van der Waals surface area contributed by atoms with Crippen molar-refractivity contribution in [3.05, 3.63) is 90.0 Å². The molecule has 7 N–H and O–H groups in total. The van der Waals surface area contributed by atoms with Crippen LogP contribution >= 0.6 is 11.8 Å². The number of fused-ring (bicyclic) bond motifs is 2. The molecule has 0 radical (unpaired) electrons. The maximum Gasteiger partial charge on any atom is 0.315 e. The standard InChI is InChI=1S/C43H52N10O7S/c1-27(47-36(55)24-28-18-20-30(21-19-28)51-52-44)41(57)49-39-40(29-12-4-2-5-13-29)60-33-15-7-6-14-32(33)53(42(39)58)25-37(56)46-23-11-3-10-22-45-35(54)17-9-8-16-34-38-31(26-61-34)48-43(59)50-38/h2,4-7,12-15,18-21,27,31,34,38-40,44H,3,8-11,16-17,22-26H2,1H3,(H5-,45,46,47,48,49,50,54,55,56,57,59)/p+1/t27-,31-,34-,38-,39+,40-/m0/s1. The number of amides is 7. The summed E-state index contributed by atoms with van der Waals surface area (Å²) in [4.78, 5) is 82.8. The molecule has 0 aliphatic carbocycles. The van der Waals surface area contributed by atoms with Gasteiger partial charge in [-0.25, -0.2) is 4.79 Å². The fraction of sp³-hybridized carbons (Fsp3) is 0.442. The largest absolute Gasteiger partial charge is 0.481 e. The lowest BCUT2D eigenvalue weighted by molar-refractivity contribution is -0.132. The summed E-state index contributed by atoms with van der Waals surface area (Å²) in [5, 5.41) is 21.4. The molecule has 3 aliphatic rings. The van der Waals surface area contributed by atoms with E-state index >= 15 is 0 Å². The smallest absolute Gasteiger partial charge is 0.315 e. The van der Waals surface area contributed by atoms with Crippen LogP contribution in [0.5, 0.6) is 5.75 Å². The second-order valence-electron chi connectivity index (χ2n) is 15.3. The quantitative estimate of drug-likeness (QED) is 0.0382. The fourth-order valence-corrected chi connectivity index (χ4v) is 9.15. The van der Waals surface area contributed by atoms with Gasteiger partial charge < -0.3 is 36.6 Å². The summed E-state index contributed by atoms with van der Waals surface area (Å²) in [5.41, 5.74) is 9.00. The zero-order valence-electron chi connectivity index (χ0n) is 34.1. The van der Waals surface area contributed by atoms with Gasteiger partial charge in [0.15, 0.2) is 16.9 Å². The number of hydrogen-bond donors (Lipinski definition) is 7. The summed E-state index contributed by atoms with van der Waals surface area (Å²) < 4.78 is 6.46. The number of nitrogens with one attached hydrogen (secondary N) is 7. The first-order valence-electron chi connectivity index (χ1n) is 20.7. The average Bonchev–Trinajstić information content (AvgIpc) is 3.79. The second-order valence-corrected chi connectivity index (χ2v) is 16.6. The average molecular weight is 854 g/mol. The predicted octanol–water partition coefficient (Wildman–Crippen LogP) is 3.70. The molecule has 17 nitrogen and oxygen atoms in total. The van der Waals surface area contributed by atoms with Gasteiger partial charge in [0.2, 0.25) is 28.5 Å². The van der Waals surface area contributed by atoms with Crippen LogP contribution in [0.25, 0.3) is 0 Å². The van der Waals surface area contributed by atoms with Crippen molar-refractivity contribution in [3.63, 3.8) is 0 Å². The number of carbonyl (C=O) groups excluding carboxylic acids is 6. The molecule has 322 valence electrons. The Labute approximate surface area is 358 Å². The van der Waals surface area contributed by atoms with Crippen LogP contribution in [0.2, 0.25) is 0 Å². The number of hydrogen-bond acceptors (Lipinski definition) is 10. The number of thioether (sulfide) groups is 1. The molecule has 6 rings (SSSR count). The summed E-state index contributed by atoms with van der Waals surface area (Å²) in [7, 11) is 0. The molecule has 18 heteroatoms. The summed E-state index contributed by atoms with van der Waals surface area (Å²) in [6.45, 7) is 2.10. The van der Waals surface area contributed by atoms with Crippen LogP contribution < -0.4 is 46.4 Å². The van der Waals surface area contributed by atoms with Gasteiger partial charge in [-0.15, -0.1) is 0 Å². The summed E-state index contributed by atoms with van der Waals surface area (Å²) in [5.74, 6) is -0.702. The van der Waals surface area contributed by atoms with Crippen LogP contribution in [0, 0.1) is 5.53 Å². The molecule has 6 atom stereocenters. The molecule has 61 heavy (non-hydrogen) atoms. The Morgan fingerprint density at radius 1 is 0.885 bits per heavy atom. The van der Waals surface area contributed by atoms with Gasteiger partial charge in [0, 0.05) is 30.5 Å². The first kappa shape index (κ1) is 44.3. The maximum absolute atomic E-state index is 14.5. The summed E-state index contributed by atoms with van der Waals surface area (Å²) in [6.07, 6.45) is 4.35. The molecular formula is C43H53N10O7S+. The first-order valence-corrected chi connectivity index (χ1v) is 21.7. The lowest BCUT2D eigenvalue weighted by atomic mass is 10.0. The highest BCUT2D eigenvalue weighted by molar-refractivity contribution is 8.00. The van der Waals surface area contributed by atoms with E-state index in [0.717, 1.165) is 37.9 Å². The number of anilines is 1. The summed E-state index contributed by atoms with van der Waals surface area (Å²) >= 11 is 1.87. The normalized spacial score (nSPS) is 20.6. The predicted molar refractivity (Wildman–Crippen MR) is 229 cm³/mol. The van der Waals surface area contributed by atoms with Crippen molar-refractivity contribution in [2.24, 2.45) is 5.11 Å². The van der Waals surface area contributed by atoms with E-state index in [1.54, 1.807) is 72.8 Å². The Kier molecular flexibility index (Phi) is 15.9. The minimum Gasteiger partial charge on any atom is -0.481 e. The Morgan fingerprint density at radius 3 is 2.36 bits per heavy atom. The van der Waals surface area contributed by atoms with Gasteiger partial charge in [-0.2, -0.15) is 11.8 Å². The lowest BCUT2D eigenvalue weighted by Gasteiger charge is -2.29. The minimum atomic E-state index is -1.27. The van der Waals surface area contributed by atoms with Crippen LogP contribution in [-0.4, -0.2) is 90.4 Å². The van der Waals surface area contributed by atoms with Crippen LogP contribution in [-0.2, 0) is 30.4 Å². The molecule has 0 unspecified atom stereocenters. The molecule has 3 aromatic rings. The number of unbranched alkanes of at least 4 members (excludes halogenated alkanes) is 3. The molecule has 0 aromatic heterocycles. The molecule has 0 saturated carbocycles. The van der Waals surface area contributed by atoms with Crippen LogP contribution in [0.4, 0.5) is 16.2 Å². The molecular weight excluding hydrogens is 801 g/mol. The van der Waals surface area contributed by atoms with E-state index < -0.39 is 41.8 Å². The lowest BCUT2D eigenvalue weighted by Crippen LogP contribution is -2.56. The van der Waals surface area contributed by atoms with Crippen molar-refractivity contribution in [2.45, 2.75) is 93.8 Å². The Bertz CT molecular complexity index is 2080. The zero-order chi connectivity index (χ0) is 43.1. The number of rotatable bonds is 20. The highest BCUT2D eigenvalue weighted by Gasteiger charge is 2.43. The zero-order valence-corrected chi connectivity index (χ0v) is 34.9. The number of carbonyl (C=O) groups is 6. The van der Waals surface area contributed by atoms with Gasteiger partial charge in [-0.3, -0.25) is 28.9 Å². The molecule has 3 aliphatic heterocycles. The monoisotopic (exact) mass is 853 g/mol. The number of ether oxygens (including phenoxy) is 1. The number of benzene rings is 3. The van der Waals surface area contributed by atoms with Crippen molar-refractivity contribution in [1.82, 2.24) is 36.8 Å². The van der Waals surface area contributed by atoms with Gasteiger partial charge in [-0.1, -0.05) is 61.0 Å². The van der Waals surface area contributed by atoms with E-state index in [-0.39, 0.29) is 37.0 Å². The summed E-state index contributed by atoms with van der Waals surface area (Å²) in [6, 6.07) is 20.5. The molecule has 3 heterocycles. The fourth-order valence-electron chi connectivity index (χ4n) is 7.61. The van der Waals surface area contributed by atoms with Gasteiger partial charge in [0.05, 0.1) is 24.2 Å². The van der Waals surface area contributed by atoms with Gasteiger partial charge in [-0.05, 0) is 74.4 Å². The molecule has 3 aromatic carbocycles. The van der Waals surface area contributed by atoms with Crippen molar-refractivity contribution in [2.75, 3.05) is 30.3 Å². The molecule has 2 fully saturated rings. The van der Waals surface area contributed by atoms with E-state index in [0.29, 0.717) is 59.4 Å². The van der Waals surface area contributed by atoms with Gasteiger partial charge in [0.1, 0.15) is 29.9 Å². The topological polar surface area (TPSA) is 237 Å². The SMILES string of the molecule is C[C@H](NC(=O)Cc1ccc(N=[N+]=N)cc1)C(=O)N[C@H]1C(=O)N(CC(=O)NCCCCCNC(=O)CCCC[C@@H]2SC[C@@H]3NC(=O)N[C@@H]32)c2ccccc2O[C@H]1c1ccccc1. The van der Waals surface area contributed by atoms with Crippen molar-refractivity contribution < 1.29 is 33.5 Å². The molecule has 0 bridgehead atoms. The van der Waals surface area contributed by atoms with Crippen LogP contribution in [0.15, 0.2) is 84.0 Å². The number of nitrogens with zero attached hydrogens (tertiary/aromatic N) is 3. The van der Waals surface area contributed by atoms with Crippen LogP contribution in [0.3, 0.4) is 0 Å².